The number of benzene rings is 1. The van der Waals surface area contributed by atoms with Crippen LogP contribution in [0.4, 0.5) is 13.2 Å². The zero-order valence-corrected chi connectivity index (χ0v) is 10.0. The molecule has 0 aliphatic carbocycles. The molecule has 0 aliphatic rings. The van der Waals surface area contributed by atoms with Gasteiger partial charge in [0.05, 0.1) is 0 Å². The molecule has 0 fully saturated rings. The normalized spacial score (nSPS) is 13.3. The summed E-state index contributed by atoms with van der Waals surface area (Å²) in [4.78, 5) is 9.32. The molecule has 0 heterocycles. The van der Waals surface area contributed by atoms with E-state index in [-0.39, 0.29) is 0 Å². The van der Waals surface area contributed by atoms with Crippen molar-refractivity contribution >= 4 is 15.9 Å². The van der Waals surface area contributed by atoms with Crippen LogP contribution in [0, 0.1) is 17.5 Å². The molecule has 0 saturated carbocycles. The lowest BCUT2D eigenvalue weighted by atomic mass is 10.3. The monoisotopic (exact) mass is 298 g/mol. The Kier molecular flexibility index (Phi) is 4.50. The fourth-order valence-corrected chi connectivity index (χ4v) is 2.19. The Hall–Kier alpha value is -1.65. The zero-order chi connectivity index (χ0) is 14.8. The minimum atomic E-state index is -4.56. The Morgan fingerprint density at radius 1 is 1.32 bits per heavy atom. The van der Waals surface area contributed by atoms with Gasteiger partial charge in [0.1, 0.15) is 11.0 Å². The Balaban J connectivity index is 3.02. The molecule has 106 valence electrons. The lowest BCUT2D eigenvalue weighted by molar-refractivity contribution is -0.125. The second-order valence-electron chi connectivity index (χ2n) is 3.44. The van der Waals surface area contributed by atoms with E-state index in [4.69, 9.17) is 5.11 Å². The summed E-state index contributed by atoms with van der Waals surface area (Å²) in [6, 6.07) is 0.935. The van der Waals surface area contributed by atoms with Gasteiger partial charge in [0.2, 0.25) is 15.9 Å². The van der Waals surface area contributed by atoms with Gasteiger partial charge in [-0.15, -0.1) is 0 Å². The lowest BCUT2D eigenvalue weighted by Crippen LogP contribution is -2.40. The average Bonchev–Trinajstić information content (AvgIpc) is 2.32. The first-order chi connectivity index (χ1) is 8.66. The highest BCUT2D eigenvalue weighted by atomic mass is 32.2. The van der Waals surface area contributed by atoms with Crippen LogP contribution >= 0.6 is 0 Å². The number of primary amides is 1. The Bertz CT molecular complexity index is 606. The highest BCUT2D eigenvalue weighted by Gasteiger charge is 2.25. The predicted molar refractivity (Wildman–Crippen MR) is 56.7 cm³/mol. The van der Waals surface area contributed by atoms with Crippen molar-refractivity contribution in [3.63, 3.8) is 0 Å². The third-order valence-corrected chi connectivity index (χ3v) is 3.53. The Morgan fingerprint density at radius 2 is 1.89 bits per heavy atom. The molecule has 1 unspecified atom stereocenters. The summed E-state index contributed by atoms with van der Waals surface area (Å²) in [7, 11) is -4.56. The first-order valence-corrected chi connectivity index (χ1v) is 6.25. The number of carbonyl (C=O) groups excluding carboxylic acids is 1. The summed E-state index contributed by atoms with van der Waals surface area (Å²) in [5.74, 6) is -6.60. The van der Waals surface area contributed by atoms with Crippen molar-refractivity contribution in [2.24, 2.45) is 5.73 Å². The van der Waals surface area contributed by atoms with Gasteiger partial charge in [0.25, 0.3) is 0 Å². The number of aliphatic hydroxyl groups excluding tert-OH is 1. The van der Waals surface area contributed by atoms with Gasteiger partial charge < -0.3 is 10.8 Å². The smallest absolute Gasteiger partial charge is 0.247 e. The number of sulfonamides is 1. The number of carbonyl (C=O) groups is 1. The van der Waals surface area contributed by atoms with Crippen molar-refractivity contribution in [1.82, 2.24) is 4.72 Å². The van der Waals surface area contributed by atoms with Gasteiger partial charge in [0, 0.05) is 6.54 Å². The second-order valence-corrected chi connectivity index (χ2v) is 5.18. The van der Waals surface area contributed by atoms with Crippen molar-refractivity contribution < 1.29 is 31.5 Å². The molecule has 1 rings (SSSR count). The highest BCUT2D eigenvalue weighted by molar-refractivity contribution is 7.89. The molecule has 1 aromatic carbocycles. The Morgan fingerprint density at radius 3 is 2.42 bits per heavy atom. The predicted octanol–water partition coefficient (Wildman–Crippen LogP) is -0.772. The summed E-state index contributed by atoms with van der Waals surface area (Å²) in [5, 5.41) is 8.98. The van der Waals surface area contributed by atoms with Crippen LogP contribution in [0.3, 0.4) is 0 Å². The van der Waals surface area contributed by atoms with Gasteiger partial charge in [-0.05, 0) is 12.1 Å². The van der Waals surface area contributed by atoms with Gasteiger partial charge in [-0.25, -0.2) is 26.3 Å². The third-order valence-electron chi connectivity index (χ3n) is 2.08. The van der Waals surface area contributed by atoms with Crippen molar-refractivity contribution in [3.8, 4) is 0 Å². The van der Waals surface area contributed by atoms with Crippen LogP contribution in [0.5, 0.6) is 0 Å². The molecule has 0 bridgehead atoms. The summed E-state index contributed by atoms with van der Waals surface area (Å²) in [6.07, 6.45) is -1.83. The van der Waals surface area contributed by atoms with E-state index in [2.05, 4.69) is 5.73 Å². The maximum Gasteiger partial charge on any atom is 0.247 e. The fraction of sp³-hybridized carbons (Fsp3) is 0.222. The fourth-order valence-electron chi connectivity index (χ4n) is 1.08. The van der Waals surface area contributed by atoms with Crippen LogP contribution in [0.15, 0.2) is 17.0 Å². The summed E-state index contributed by atoms with van der Waals surface area (Å²) in [5.41, 5.74) is 4.67. The molecule has 4 N–H and O–H groups in total. The molecule has 1 atom stereocenters. The first-order valence-electron chi connectivity index (χ1n) is 4.77. The number of nitrogens with one attached hydrogen (secondary N) is 1. The molecule has 0 saturated heterocycles. The third kappa shape index (κ3) is 3.43. The van der Waals surface area contributed by atoms with Crippen LogP contribution in [-0.4, -0.2) is 32.1 Å². The molecular weight excluding hydrogens is 289 g/mol. The number of amides is 1. The Labute approximate surface area is 106 Å². The lowest BCUT2D eigenvalue weighted by Gasteiger charge is -2.10. The van der Waals surface area contributed by atoms with Gasteiger partial charge in [0.15, 0.2) is 17.5 Å². The highest BCUT2D eigenvalue weighted by Crippen LogP contribution is 2.19. The van der Waals surface area contributed by atoms with Crippen LogP contribution < -0.4 is 10.5 Å². The number of aliphatic hydroxyl groups is 1. The molecule has 10 heteroatoms. The molecule has 0 aliphatic heterocycles. The summed E-state index contributed by atoms with van der Waals surface area (Å²) in [6.45, 7) is -0.823. The molecule has 1 aromatic rings. The first kappa shape index (κ1) is 15.4. The SMILES string of the molecule is NC(=O)C(O)CNS(=O)(=O)c1ccc(F)c(F)c1F. The van der Waals surface area contributed by atoms with Gasteiger partial charge in [-0.1, -0.05) is 0 Å². The van der Waals surface area contributed by atoms with E-state index in [1.807, 2.05) is 0 Å². The second kappa shape index (κ2) is 5.55. The van der Waals surface area contributed by atoms with E-state index < -0.39 is 50.9 Å². The number of hydrogen-bond acceptors (Lipinski definition) is 4. The van der Waals surface area contributed by atoms with Crippen LogP contribution in [0.25, 0.3) is 0 Å². The molecule has 19 heavy (non-hydrogen) atoms. The van der Waals surface area contributed by atoms with E-state index in [0.29, 0.717) is 12.1 Å². The molecule has 0 radical (unpaired) electrons. The van der Waals surface area contributed by atoms with Crippen molar-refractivity contribution in [2.45, 2.75) is 11.0 Å². The van der Waals surface area contributed by atoms with Gasteiger partial charge in [-0.2, -0.15) is 0 Å². The quantitative estimate of drug-likeness (QED) is 0.620. The average molecular weight is 298 g/mol. The molecule has 0 aromatic heterocycles. The van der Waals surface area contributed by atoms with Crippen LogP contribution in [-0.2, 0) is 14.8 Å². The van der Waals surface area contributed by atoms with E-state index in [1.54, 1.807) is 4.72 Å². The number of halogens is 3. The van der Waals surface area contributed by atoms with E-state index in [0.717, 1.165) is 0 Å². The minimum absolute atomic E-state index is 0.428. The van der Waals surface area contributed by atoms with E-state index in [1.165, 1.54) is 0 Å². The number of hydrogen-bond donors (Lipinski definition) is 3. The topological polar surface area (TPSA) is 109 Å². The van der Waals surface area contributed by atoms with E-state index in [9.17, 15) is 26.4 Å². The maximum absolute atomic E-state index is 13.3. The number of rotatable bonds is 5. The van der Waals surface area contributed by atoms with Crippen LogP contribution in [0.2, 0.25) is 0 Å². The van der Waals surface area contributed by atoms with Crippen molar-refractivity contribution in [3.05, 3.63) is 29.6 Å². The molecule has 0 spiro atoms. The zero-order valence-electron chi connectivity index (χ0n) is 9.23. The molecule has 6 nitrogen and oxygen atoms in total. The molecular formula is C9H9F3N2O4S. The van der Waals surface area contributed by atoms with E-state index >= 15 is 0 Å². The van der Waals surface area contributed by atoms with Crippen molar-refractivity contribution in [2.75, 3.05) is 6.54 Å². The van der Waals surface area contributed by atoms with Gasteiger partial charge in [-0.3, -0.25) is 4.79 Å². The minimum Gasteiger partial charge on any atom is -0.382 e. The summed E-state index contributed by atoms with van der Waals surface area (Å²) >= 11 is 0. The van der Waals surface area contributed by atoms with Gasteiger partial charge >= 0.3 is 0 Å². The largest absolute Gasteiger partial charge is 0.382 e. The van der Waals surface area contributed by atoms with Crippen LogP contribution in [0.1, 0.15) is 0 Å². The maximum atomic E-state index is 13.3. The number of nitrogens with two attached hydrogens (primary N) is 1. The molecule has 1 amide bonds. The summed E-state index contributed by atoms with van der Waals surface area (Å²) < 4.78 is 63.5. The van der Waals surface area contributed by atoms with Crippen molar-refractivity contribution in [1.29, 1.82) is 0 Å². The standard InChI is InChI=1S/C9H9F3N2O4S/c10-4-1-2-6(8(12)7(4)11)19(17,18)14-3-5(15)9(13)16/h1-2,5,14-15H,3H2,(H2,13,16).